The number of nitrogens with one attached hydrogen (secondary N) is 1. The first-order chi connectivity index (χ1) is 12.5. The summed E-state index contributed by atoms with van der Waals surface area (Å²) < 4.78 is 23.8. The van der Waals surface area contributed by atoms with Crippen LogP contribution in [0.1, 0.15) is 48.9 Å². The highest BCUT2D eigenvalue weighted by molar-refractivity contribution is 5.91. The topological polar surface area (TPSA) is 64.6 Å². The monoisotopic (exact) mass is 361 g/mol. The van der Waals surface area contributed by atoms with Crippen molar-refractivity contribution in [3.8, 4) is 5.75 Å². The minimum atomic E-state index is -0.842. The van der Waals surface area contributed by atoms with Gasteiger partial charge >= 0.3 is 5.97 Å². The molecule has 1 N–H and O–H groups in total. The summed E-state index contributed by atoms with van der Waals surface area (Å²) in [6, 6.07) is 3.90. The van der Waals surface area contributed by atoms with Crippen LogP contribution in [0, 0.1) is 23.6 Å². The first-order valence-corrected chi connectivity index (χ1v) is 9.28. The number of hydrogen-bond donors (Lipinski definition) is 1. The predicted octanol–water partition coefficient (Wildman–Crippen LogP) is 3.08. The standard InChI is InChI=1S/C20H24FNO4/c1-25-15-2-3-16(17(21)7-15)19(24)26-11-18(23)22-20-8-12-4-13(9-20)6-14(5-12)10-20/h2-3,7,12-14H,4-6,8-11H2,1H3,(H,22,23). The van der Waals surface area contributed by atoms with E-state index in [0.717, 1.165) is 43.1 Å². The summed E-state index contributed by atoms with van der Waals surface area (Å²) in [6.45, 7) is -0.383. The number of halogens is 1. The van der Waals surface area contributed by atoms with E-state index in [1.54, 1.807) is 0 Å². The van der Waals surface area contributed by atoms with Crippen LogP contribution in [0.25, 0.3) is 0 Å². The van der Waals surface area contributed by atoms with Crippen molar-refractivity contribution >= 4 is 11.9 Å². The molecule has 5 nitrogen and oxygen atoms in total. The minimum absolute atomic E-state index is 0.121. The number of benzene rings is 1. The molecular formula is C20H24FNO4. The van der Waals surface area contributed by atoms with Crippen molar-refractivity contribution in [1.82, 2.24) is 5.32 Å². The molecule has 0 aliphatic heterocycles. The van der Waals surface area contributed by atoms with Gasteiger partial charge in [-0.25, -0.2) is 9.18 Å². The van der Waals surface area contributed by atoms with Gasteiger partial charge in [0.05, 0.1) is 12.7 Å². The van der Waals surface area contributed by atoms with Gasteiger partial charge in [0.25, 0.3) is 5.91 Å². The van der Waals surface area contributed by atoms with Gasteiger partial charge in [-0.05, 0) is 68.4 Å². The van der Waals surface area contributed by atoms with Gasteiger partial charge < -0.3 is 14.8 Å². The Morgan fingerprint density at radius 3 is 2.31 bits per heavy atom. The van der Waals surface area contributed by atoms with Crippen molar-refractivity contribution in [1.29, 1.82) is 0 Å². The van der Waals surface area contributed by atoms with Crippen molar-refractivity contribution < 1.29 is 23.5 Å². The van der Waals surface area contributed by atoms with Crippen molar-refractivity contribution in [3.05, 3.63) is 29.6 Å². The maximum absolute atomic E-state index is 13.9. The van der Waals surface area contributed by atoms with E-state index in [-0.39, 0.29) is 23.6 Å². The first-order valence-electron chi connectivity index (χ1n) is 9.28. The van der Waals surface area contributed by atoms with Gasteiger partial charge in [0.2, 0.25) is 0 Å². The zero-order chi connectivity index (χ0) is 18.3. The third-order valence-corrected chi connectivity index (χ3v) is 6.17. The Balaban J connectivity index is 1.34. The number of rotatable bonds is 5. The second-order valence-electron chi connectivity index (χ2n) is 8.17. The van der Waals surface area contributed by atoms with Gasteiger partial charge in [0.1, 0.15) is 11.6 Å². The molecule has 0 saturated heterocycles. The van der Waals surface area contributed by atoms with Crippen LogP contribution in [0.4, 0.5) is 4.39 Å². The summed E-state index contributed by atoms with van der Waals surface area (Å²) >= 11 is 0. The van der Waals surface area contributed by atoms with E-state index < -0.39 is 11.8 Å². The fourth-order valence-corrected chi connectivity index (χ4v) is 5.59. The van der Waals surface area contributed by atoms with Crippen LogP contribution in [0.2, 0.25) is 0 Å². The zero-order valence-electron chi connectivity index (χ0n) is 14.9. The van der Waals surface area contributed by atoms with Crippen LogP contribution >= 0.6 is 0 Å². The van der Waals surface area contributed by atoms with Crippen molar-refractivity contribution in [2.24, 2.45) is 17.8 Å². The second-order valence-corrected chi connectivity index (χ2v) is 8.17. The fourth-order valence-electron chi connectivity index (χ4n) is 5.59. The molecule has 0 atom stereocenters. The maximum Gasteiger partial charge on any atom is 0.341 e. The van der Waals surface area contributed by atoms with Gasteiger partial charge in [-0.15, -0.1) is 0 Å². The molecule has 4 aliphatic rings. The molecule has 0 radical (unpaired) electrons. The third kappa shape index (κ3) is 3.29. The molecule has 1 amide bonds. The minimum Gasteiger partial charge on any atom is -0.497 e. The van der Waals surface area contributed by atoms with Gasteiger partial charge in [0, 0.05) is 11.6 Å². The van der Waals surface area contributed by atoms with E-state index in [1.165, 1.54) is 38.5 Å². The molecule has 5 rings (SSSR count). The molecule has 0 aromatic heterocycles. The highest BCUT2D eigenvalue weighted by atomic mass is 19.1. The number of ether oxygens (including phenoxy) is 2. The Labute approximate surface area is 152 Å². The summed E-state index contributed by atoms with van der Waals surface area (Å²) in [5, 5.41) is 3.13. The molecule has 0 heterocycles. The van der Waals surface area contributed by atoms with Crippen molar-refractivity contribution in [3.63, 3.8) is 0 Å². The molecule has 26 heavy (non-hydrogen) atoms. The lowest BCUT2D eigenvalue weighted by Crippen LogP contribution is -2.60. The number of amides is 1. The number of carbonyl (C=O) groups excluding carboxylic acids is 2. The van der Waals surface area contributed by atoms with E-state index in [2.05, 4.69) is 5.32 Å². The van der Waals surface area contributed by atoms with Crippen LogP contribution in [0.3, 0.4) is 0 Å². The van der Waals surface area contributed by atoms with E-state index in [9.17, 15) is 14.0 Å². The van der Waals surface area contributed by atoms with Crippen LogP contribution in [-0.2, 0) is 9.53 Å². The largest absolute Gasteiger partial charge is 0.497 e. The van der Waals surface area contributed by atoms with Crippen LogP contribution < -0.4 is 10.1 Å². The normalized spacial score (nSPS) is 31.5. The molecule has 4 saturated carbocycles. The highest BCUT2D eigenvalue weighted by Gasteiger charge is 2.51. The molecule has 6 heteroatoms. The van der Waals surface area contributed by atoms with E-state index >= 15 is 0 Å². The number of hydrogen-bond acceptors (Lipinski definition) is 4. The molecular weight excluding hydrogens is 337 g/mol. The molecule has 1 aromatic rings. The maximum atomic E-state index is 13.9. The van der Waals surface area contributed by atoms with Crippen molar-refractivity contribution in [2.75, 3.05) is 13.7 Å². The van der Waals surface area contributed by atoms with Gasteiger partial charge in [-0.2, -0.15) is 0 Å². The average Bonchev–Trinajstić information content (AvgIpc) is 2.58. The fraction of sp³-hybridized carbons (Fsp3) is 0.600. The lowest BCUT2D eigenvalue weighted by atomic mass is 9.53. The summed E-state index contributed by atoms with van der Waals surface area (Å²) in [5.41, 5.74) is -0.322. The Bertz CT molecular complexity index is 697. The van der Waals surface area contributed by atoms with Gasteiger partial charge in [-0.3, -0.25) is 4.79 Å². The van der Waals surface area contributed by atoms with Gasteiger partial charge in [0.15, 0.2) is 6.61 Å². The van der Waals surface area contributed by atoms with E-state index in [0.29, 0.717) is 5.75 Å². The van der Waals surface area contributed by atoms with Gasteiger partial charge in [-0.1, -0.05) is 0 Å². The summed E-state index contributed by atoms with van der Waals surface area (Å²) in [6.07, 6.45) is 6.98. The van der Waals surface area contributed by atoms with Crippen LogP contribution in [0.5, 0.6) is 5.75 Å². The summed E-state index contributed by atoms with van der Waals surface area (Å²) in [4.78, 5) is 24.4. The molecule has 4 aliphatic carbocycles. The van der Waals surface area contributed by atoms with E-state index in [1.807, 2.05) is 0 Å². The quantitative estimate of drug-likeness (QED) is 0.819. The molecule has 0 unspecified atom stereocenters. The Morgan fingerprint density at radius 1 is 1.15 bits per heavy atom. The second kappa shape index (κ2) is 6.56. The lowest BCUT2D eigenvalue weighted by molar-refractivity contribution is -0.130. The Hall–Kier alpha value is -2.11. The predicted molar refractivity (Wildman–Crippen MR) is 92.3 cm³/mol. The number of methoxy groups -OCH3 is 1. The lowest BCUT2D eigenvalue weighted by Gasteiger charge is -2.56. The van der Waals surface area contributed by atoms with Crippen LogP contribution in [0.15, 0.2) is 18.2 Å². The number of esters is 1. The molecule has 140 valence electrons. The molecule has 4 bridgehead atoms. The Kier molecular flexibility index (Phi) is 4.37. The smallest absolute Gasteiger partial charge is 0.341 e. The molecule has 1 aromatic carbocycles. The Morgan fingerprint density at radius 2 is 1.77 bits per heavy atom. The van der Waals surface area contributed by atoms with Crippen molar-refractivity contribution in [2.45, 2.75) is 44.1 Å². The molecule has 4 fully saturated rings. The van der Waals surface area contributed by atoms with E-state index in [4.69, 9.17) is 9.47 Å². The third-order valence-electron chi connectivity index (χ3n) is 6.17. The average molecular weight is 361 g/mol. The number of carbonyl (C=O) groups is 2. The van der Waals surface area contributed by atoms with Crippen LogP contribution in [-0.4, -0.2) is 31.1 Å². The summed E-state index contributed by atoms with van der Waals surface area (Å²) in [5.74, 6) is 0.613. The summed E-state index contributed by atoms with van der Waals surface area (Å²) in [7, 11) is 1.42. The first kappa shape index (κ1) is 17.3. The molecule has 0 spiro atoms. The highest BCUT2D eigenvalue weighted by Crippen LogP contribution is 2.55. The zero-order valence-corrected chi connectivity index (χ0v) is 14.9. The SMILES string of the molecule is COc1ccc(C(=O)OCC(=O)NC23CC4CC(CC(C4)C2)C3)c(F)c1.